The SMILES string of the molecule is CC(C)c1cc(C2CC(C#N)CN2)no1. The van der Waals surface area contributed by atoms with Crippen LogP contribution >= 0.6 is 0 Å². The molecule has 0 bridgehead atoms. The third kappa shape index (κ3) is 2.02. The average molecular weight is 205 g/mol. The van der Waals surface area contributed by atoms with Gasteiger partial charge < -0.3 is 9.84 Å². The van der Waals surface area contributed by atoms with Crippen LogP contribution in [0.2, 0.25) is 0 Å². The summed E-state index contributed by atoms with van der Waals surface area (Å²) in [5, 5.41) is 16.1. The molecule has 2 heterocycles. The highest BCUT2D eigenvalue weighted by Crippen LogP contribution is 2.27. The molecule has 1 aliphatic rings. The van der Waals surface area contributed by atoms with Crippen LogP contribution in [0.15, 0.2) is 10.6 Å². The van der Waals surface area contributed by atoms with Crippen LogP contribution < -0.4 is 5.32 Å². The van der Waals surface area contributed by atoms with Gasteiger partial charge in [0.25, 0.3) is 0 Å². The first-order valence-corrected chi connectivity index (χ1v) is 5.30. The molecule has 4 heteroatoms. The van der Waals surface area contributed by atoms with E-state index in [9.17, 15) is 0 Å². The van der Waals surface area contributed by atoms with Crippen molar-refractivity contribution in [2.75, 3.05) is 6.54 Å². The lowest BCUT2D eigenvalue weighted by Crippen LogP contribution is -2.13. The summed E-state index contributed by atoms with van der Waals surface area (Å²) >= 11 is 0. The van der Waals surface area contributed by atoms with E-state index in [-0.39, 0.29) is 12.0 Å². The molecule has 0 spiro atoms. The monoisotopic (exact) mass is 205 g/mol. The fourth-order valence-electron chi connectivity index (χ4n) is 1.80. The molecular formula is C11H15N3O. The topological polar surface area (TPSA) is 61.9 Å². The van der Waals surface area contributed by atoms with Crippen molar-refractivity contribution in [2.24, 2.45) is 5.92 Å². The lowest BCUT2D eigenvalue weighted by Gasteiger charge is -2.03. The third-order valence-corrected chi connectivity index (χ3v) is 2.79. The van der Waals surface area contributed by atoms with Crippen LogP contribution in [-0.2, 0) is 0 Å². The molecule has 0 saturated carbocycles. The Morgan fingerprint density at radius 3 is 3.00 bits per heavy atom. The summed E-state index contributed by atoms with van der Waals surface area (Å²) in [7, 11) is 0. The molecule has 2 rings (SSSR count). The number of nitrogens with zero attached hydrogens (tertiary/aromatic N) is 2. The minimum absolute atomic E-state index is 0.106. The van der Waals surface area contributed by atoms with E-state index >= 15 is 0 Å². The van der Waals surface area contributed by atoms with E-state index in [2.05, 4.69) is 30.4 Å². The van der Waals surface area contributed by atoms with Crippen LogP contribution in [0.3, 0.4) is 0 Å². The lowest BCUT2D eigenvalue weighted by molar-refractivity contribution is 0.359. The van der Waals surface area contributed by atoms with E-state index in [1.165, 1.54) is 0 Å². The van der Waals surface area contributed by atoms with E-state index in [4.69, 9.17) is 9.78 Å². The maximum atomic E-state index is 8.79. The van der Waals surface area contributed by atoms with Crippen molar-refractivity contribution >= 4 is 0 Å². The summed E-state index contributed by atoms with van der Waals surface area (Å²) in [6.45, 7) is 4.90. The summed E-state index contributed by atoms with van der Waals surface area (Å²) in [5.41, 5.74) is 0.927. The second-order valence-corrected chi connectivity index (χ2v) is 4.33. The Labute approximate surface area is 89.3 Å². The first-order valence-electron chi connectivity index (χ1n) is 5.30. The summed E-state index contributed by atoms with van der Waals surface area (Å²) < 4.78 is 5.23. The largest absolute Gasteiger partial charge is 0.361 e. The van der Waals surface area contributed by atoms with Crippen LogP contribution in [0.1, 0.15) is 43.7 Å². The molecule has 1 N–H and O–H groups in total. The van der Waals surface area contributed by atoms with Gasteiger partial charge in [0.15, 0.2) is 0 Å². The first-order chi connectivity index (χ1) is 7.20. The molecule has 2 atom stereocenters. The fraction of sp³-hybridized carbons (Fsp3) is 0.636. The van der Waals surface area contributed by atoms with Gasteiger partial charge in [0.1, 0.15) is 11.5 Å². The van der Waals surface area contributed by atoms with E-state index in [0.717, 1.165) is 24.4 Å². The molecule has 1 aromatic rings. The van der Waals surface area contributed by atoms with Crippen LogP contribution in [0.25, 0.3) is 0 Å². The first kappa shape index (κ1) is 10.2. The average Bonchev–Trinajstić information content (AvgIpc) is 2.86. The van der Waals surface area contributed by atoms with Gasteiger partial charge in [-0.3, -0.25) is 0 Å². The lowest BCUT2D eigenvalue weighted by atomic mass is 10.0. The van der Waals surface area contributed by atoms with Gasteiger partial charge in [0.05, 0.1) is 18.0 Å². The Hall–Kier alpha value is -1.34. The highest BCUT2D eigenvalue weighted by molar-refractivity contribution is 5.15. The van der Waals surface area contributed by atoms with Crippen LogP contribution in [0.5, 0.6) is 0 Å². The Morgan fingerprint density at radius 2 is 2.47 bits per heavy atom. The van der Waals surface area contributed by atoms with Gasteiger partial charge >= 0.3 is 0 Å². The van der Waals surface area contributed by atoms with Crippen molar-refractivity contribution < 1.29 is 4.52 Å². The standard InChI is InChI=1S/C11H15N3O/c1-7(2)11-4-10(14-15-11)9-3-8(5-12)6-13-9/h4,7-9,13H,3,6H2,1-2H3. The molecule has 0 aliphatic carbocycles. The molecule has 80 valence electrons. The zero-order valence-corrected chi connectivity index (χ0v) is 9.03. The number of nitrogens with one attached hydrogen (secondary N) is 1. The van der Waals surface area contributed by atoms with E-state index < -0.39 is 0 Å². The predicted molar refractivity (Wildman–Crippen MR) is 55.1 cm³/mol. The smallest absolute Gasteiger partial charge is 0.139 e. The van der Waals surface area contributed by atoms with Crippen molar-refractivity contribution in [1.29, 1.82) is 5.26 Å². The minimum Gasteiger partial charge on any atom is -0.361 e. The number of hydrogen-bond donors (Lipinski definition) is 1. The molecule has 1 aliphatic heterocycles. The quantitative estimate of drug-likeness (QED) is 0.801. The summed E-state index contributed by atoms with van der Waals surface area (Å²) in [6, 6.07) is 4.45. The molecule has 1 saturated heterocycles. The molecule has 2 unspecified atom stereocenters. The van der Waals surface area contributed by atoms with Crippen LogP contribution in [0, 0.1) is 17.2 Å². The second kappa shape index (κ2) is 4.03. The number of nitriles is 1. The Bertz CT molecular complexity index is 377. The van der Waals surface area contributed by atoms with Crippen LogP contribution in [-0.4, -0.2) is 11.7 Å². The molecule has 15 heavy (non-hydrogen) atoms. The minimum atomic E-state index is 0.106. The predicted octanol–water partition coefficient (Wildman–Crippen LogP) is 1.97. The summed E-state index contributed by atoms with van der Waals surface area (Å²) in [6.07, 6.45) is 0.834. The third-order valence-electron chi connectivity index (χ3n) is 2.79. The van der Waals surface area contributed by atoms with E-state index in [0.29, 0.717) is 5.92 Å². The van der Waals surface area contributed by atoms with Gasteiger partial charge in [-0.05, 0) is 6.42 Å². The van der Waals surface area contributed by atoms with Gasteiger partial charge in [0, 0.05) is 18.5 Å². The fourth-order valence-corrected chi connectivity index (χ4v) is 1.80. The van der Waals surface area contributed by atoms with Crippen LogP contribution in [0.4, 0.5) is 0 Å². The van der Waals surface area contributed by atoms with Crippen molar-refractivity contribution in [3.05, 3.63) is 17.5 Å². The Morgan fingerprint density at radius 1 is 1.67 bits per heavy atom. The van der Waals surface area contributed by atoms with Gasteiger partial charge in [-0.2, -0.15) is 5.26 Å². The second-order valence-electron chi connectivity index (χ2n) is 4.33. The zero-order valence-electron chi connectivity index (χ0n) is 9.03. The highest BCUT2D eigenvalue weighted by atomic mass is 16.5. The molecule has 4 nitrogen and oxygen atoms in total. The van der Waals surface area contributed by atoms with E-state index in [1.54, 1.807) is 0 Å². The van der Waals surface area contributed by atoms with Crippen molar-refractivity contribution in [3.63, 3.8) is 0 Å². The normalized spacial score (nSPS) is 25.7. The number of rotatable bonds is 2. The van der Waals surface area contributed by atoms with Crippen molar-refractivity contribution in [1.82, 2.24) is 10.5 Å². The van der Waals surface area contributed by atoms with Gasteiger partial charge in [0.2, 0.25) is 0 Å². The van der Waals surface area contributed by atoms with Crippen molar-refractivity contribution in [3.8, 4) is 6.07 Å². The molecule has 1 aromatic heterocycles. The van der Waals surface area contributed by atoms with Gasteiger partial charge in [-0.15, -0.1) is 0 Å². The van der Waals surface area contributed by atoms with Gasteiger partial charge in [-0.1, -0.05) is 19.0 Å². The number of hydrogen-bond acceptors (Lipinski definition) is 4. The molecular weight excluding hydrogens is 190 g/mol. The Balaban J connectivity index is 2.08. The van der Waals surface area contributed by atoms with E-state index in [1.807, 2.05) is 6.07 Å². The molecule has 0 radical (unpaired) electrons. The maximum absolute atomic E-state index is 8.79. The zero-order chi connectivity index (χ0) is 10.8. The Kier molecular flexibility index (Phi) is 2.74. The molecule has 0 amide bonds. The van der Waals surface area contributed by atoms with Gasteiger partial charge in [-0.25, -0.2) is 0 Å². The highest BCUT2D eigenvalue weighted by Gasteiger charge is 2.27. The summed E-state index contributed by atoms with van der Waals surface area (Å²) in [5.74, 6) is 1.38. The maximum Gasteiger partial charge on any atom is 0.139 e. The van der Waals surface area contributed by atoms with Crippen molar-refractivity contribution in [2.45, 2.75) is 32.2 Å². The number of aromatic nitrogens is 1. The molecule has 1 fully saturated rings. The summed E-state index contributed by atoms with van der Waals surface area (Å²) in [4.78, 5) is 0. The molecule has 0 aromatic carbocycles.